The van der Waals surface area contributed by atoms with E-state index in [4.69, 9.17) is 0 Å². The van der Waals surface area contributed by atoms with Crippen molar-refractivity contribution in [1.82, 2.24) is 15.1 Å². The smallest absolute Gasteiger partial charge is 0.223 e. The molecule has 1 aromatic rings. The molecule has 4 nitrogen and oxygen atoms in total. The Balaban J connectivity index is 1.60. The number of carbonyl (C=O) groups excluding carboxylic acids is 1. The van der Waals surface area contributed by atoms with E-state index in [1.807, 2.05) is 0 Å². The summed E-state index contributed by atoms with van der Waals surface area (Å²) < 4.78 is 0. The largest absolute Gasteiger partial charge is 0.351 e. The molecule has 132 valence electrons. The maximum atomic E-state index is 12.6. The van der Waals surface area contributed by atoms with E-state index < -0.39 is 0 Å². The van der Waals surface area contributed by atoms with Gasteiger partial charge in [0.15, 0.2) is 0 Å². The predicted molar refractivity (Wildman–Crippen MR) is 97.7 cm³/mol. The lowest BCUT2D eigenvalue weighted by Crippen LogP contribution is -2.45. The summed E-state index contributed by atoms with van der Waals surface area (Å²) in [6.07, 6.45) is 4.57. The first-order valence-electron chi connectivity index (χ1n) is 9.33. The van der Waals surface area contributed by atoms with E-state index in [-0.39, 0.29) is 12.0 Å². The van der Waals surface area contributed by atoms with Gasteiger partial charge in [0.25, 0.3) is 0 Å². The number of rotatable bonds is 6. The van der Waals surface area contributed by atoms with Crippen LogP contribution in [-0.2, 0) is 11.3 Å². The van der Waals surface area contributed by atoms with Crippen LogP contribution < -0.4 is 5.32 Å². The van der Waals surface area contributed by atoms with Crippen LogP contribution in [0.5, 0.6) is 0 Å². The molecule has 0 bridgehead atoms. The van der Waals surface area contributed by atoms with E-state index >= 15 is 0 Å². The molecule has 1 saturated heterocycles. The summed E-state index contributed by atoms with van der Waals surface area (Å²) in [6, 6.07) is 10.9. The maximum Gasteiger partial charge on any atom is 0.223 e. The molecule has 1 heterocycles. The van der Waals surface area contributed by atoms with E-state index in [0.717, 1.165) is 39.0 Å². The zero-order valence-corrected chi connectivity index (χ0v) is 15.1. The Labute approximate surface area is 146 Å². The molecule has 0 radical (unpaired) electrons. The van der Waals surface area contributed by atoms with Crippen LogP contribution in [0.3, 0.4) is 0 Å². The predicted octanol–water partition coefficient (Wildman–Crippen LogP) is 2.35. The molecular weight excluding hydrogens is 298 g/mol. The molecule has 0 spiro atoms. The quantitative estimate of drug-likeness (QED) is 0.870. The molecule has 1 saturated carbocycles. The van der Waals surface area contributed by atoms with Crippen LogP contribution in [0.25, 0.3) is 0 Å². The summed E-state index contributed by atoms with van der Waals surface area (Å²) in [4.78, 5) is 17.3. The van der Waals surface area contributed by atoms with E-state index in [1.165, 1.54) is 18.4 Å². The van der Waals surface area contributed by atoms with Gasteiger partial charge in [0, 0.05) is 44.1 Å². The van der Waals surface area contributed by atoms with Crippen LogP contribution in [0.2, 0.25) is 0 Å². The number of nitrogens with zero attached hydrogens (tertiary/aromatic N) is 2. The second kappa shape index (κ2) is 8.13. The maximum absolute atomic E-state index is 12.6. The molecule has 1 amide bonds. The zero-order valence-electron chi connectivity index (χ0n) is 15.1. The van der Waals surface area contributed by atoms with Gasteiger partial charge in [-0.25, -0.2) is 0 Å². The Hall–Kier alpha value is -1.39. The van der Waals surface area contributed by atoms with Crippen LogP contribution in [0.15, 0.2) is 30.3 Å². The molecule has 0 aromatic heterocycles. The molecule has 3 rings (SSSR count). The van der Waals surface area contributed by atoms with Crippen molar-refractivity contribution in [3.8, 4) is 0 Å². The van der Waals surface area contributed by atoms with E-state index in [0.29, 0.717) is 11.8 Å². The molecular formula is C20H31N3O. The van der Waals surface area contributed by atoms with Crippen molar-refractivity contribution in [3.05, 3.63) is 35.9 Å². The summed E-state index contributed by atoms with van der Waals surface area (Å²) in [5.41, 5.74) is 1.35. The van der Waals surface area contributed by atoms with Crippen molar-refractivity contribution in [3.63, 3.8) is 0 Å². The highest BCUT2D eigenvalue weighted by molar-refractivity contribution is 5.79. The first-order valence-corrected chi connectivity index (χ1v) is 9.33. The van der Waals surface area contributed by atoms with Gasteiger partial charge in [0.05, 0.1) is 0 Å². The average molecular weight is 329 g/mol. The highest BCUT2D eigenvalue weighted by Crippen LogP contribution is 2.26. The molecule has 1 aliphatic heterocycles. The lowest BCUT2D eigenvalue weighted by molar-refractivity contribution is -0.125. The number of benzene rings is 1. The third-order valence-electron chi connectivity index (χ3n) is 5.42. The summed E-state index contributed by atoms with van der Waals surface area (Å²) in [5, 5.41) is 3.38. The molecule has 24 heavy (non-hydrogen) atoms. The highest BCUT2D eigenvalue weighted by atomic mass is 16.2. The third kappa shape index (κ3) is 4.58. The van der Waals surface area contributed by atoms with Crippen LogP contribution in [0.4, 0.5) is 0 Å². The fraction of sp³-hybridized carbons (Fsp3) is 0.650. The molecule has 4 heteroatoms. The molecule has 1 N–H and O–H groups in total. The highest BCUT2D eigenvalue weighted by Gasteiger charge is 2.35. The number of likely N-dealkylation sites (tertiary alicyclic amines) is 1. The SMILES string of the molecule is CN(C)CC1CN(Cc2ccccc2)CC1NC(=O)C1CCCC1. The van der Waals surface area contributed by atoms with Gasteiger partial charge >= 0.3 is 0 Å². The van der Waals surface area contributed by atoms with Crippen LogP contribution in [0, 0.1) is 11.8 Å². The van der Waals surface area contributed by atoms with Crippen molar-refractivity contribution in [2.24, 2.45) is 11.8 Å². The van der Waals surface area contributed by atoms with Gasteiger partial charge in [-0.1, -0.05) is 43.2 Å². The molecule has 2 atom stereocenters. The average Bonchev–Trinajstić information content (AvgIpc) is 3.19. The first kappa shape index (κ1) is 17.4. The molecule has 1 aliphatic carbocycles. The van der Waals surface area contributed by atoms with E-state index in [9.17, 15) is 4.79 Å². The summed E-state index contributed by atoms with van der Waals surface area (Å²) >= 11 is 0. The normalized spacial score (nSPS) is 25.5. The second-order valence-corrected chi connectivity index (χ2v) is 7.80. The second-order valence-electron chi connectivity index (χ2n) is 7.80. The van der Waals surface area contributed by atoms with Crippen LogP contribution in [-0.4, -0.2) is 55.5 Å². The molecule has 1 aromatic carbocycles. The lowest BCUT2D eigenvalue weighted by atomic mass is 10.0. The van der Waals surface area contributed by atoms with Gasteiger partial charge in [0.2, 0.25) is 5.91 Å². The third-order valence-corrected chi connectivity index (χ3v) is 5.42. The Bertz CT molecular complexity index is 525. The zero-order chi connectivity index (χ0) is 16.9. The number of amides is 1. The molecule has 2 aliphatic rings. The molecule has 2 unspecified atom stereocenters. The van der Waals surface area contributed by atoms with E-state index in [2.05, 4.69) is 59.5 Å². The summed E-state index contributed by atoms with van der Waals surface area (Å²) in [5.74, 6) is 1.06. The monoisotopic (exact) mass is 329 g/mol. The fourth-order valence-electron chi connectivity index (χ4n) is 4.24. The topological polar surface area (TPSA) is 35.6 Å². The van der Waals surface area contributed by atoms with Gasteiger partial charge in [-0.2, -0.15) is 0 Å². The Morgan fingerprint density at radius 2 is 1.88 bits per heavy atom. The van der Waals surface area contributed by atoms with Gasteiger partial charge < -0.3 is 10.2 Å². The van der Waals surface area contributed by atoms with Gasteiger partial charge in [0.1, 0.15) is 0 Å². The summed E-state index contributed by atoms with van der Waals surface area (Å²) in [7, 11) is 4.24. The van der Waals surface area contributed by atoms with Gasteiger partial charge in [-0.15, -0.1) is 0 Å². The standard InChI is InChI=1S/C20H31N3O/c1-22(2)13-18-14-23(12-16-8-4-3-5-9-16)15-19(18)21-20(24)17-10-6-7-11-17/h3-5,8-9,17-19H,6-7,10-15H2,1-2H3,(H,21,24). The number of carbonyl (C=O) groups is 1. The van der Waals surface area contributed by atoms with Gasteiger partial charge in [-0.05, 0) is 32.5 Å². The van der Waals surface area contributed by atoms with Crippen molar-refractivity contribution in [1.29, 1.82) is 0 Å². The Kier molecular flexibility index (Phi) is 5.90. The van der Waals surface area contributed by atoms with Crippen molar-refractivity contribution in [2.45, 2.75) is 38.3 Å². The number of hydrogen-bond acceptors (Lipinski definition) is 3. The fourth-order valence-corrected chi connectivity index (χ4v) is 4.24. The van der Waals surface area contributed by atoms with Gasteiger partial charge in [-0.3, -0.25) is 9.69 Å². The van der Waals surface area contributed by atoms with Crippen molar-refractivity contribution >= 4 is 5.91 Å². The van der Waals surface area contributed by atoms with Crippen LogP contribution in [0.1, 0.15) is 31.2 Å². The Morgan fingerprint density at radius 1 is 1.17 bits per heavy atom. The summed E-state index contributed by atoms with van der Waals surface area (Å²) in [6.45, 7) is 4.02. The van der Waals surface area contributed by atoms with Crippen LogP contribution >= 0.6 is 0 Å². The minimum atomic E-state index is 0.258. The van der Waals surface area contributed by atoms with E-state index in [1.54, 1.807) is 0 Å². The first-order chi connectivity index (χ1) is 11.6. The molecule has 2 fully saturated rings. The minimum Gasteiger partial charge on any atom is -0.351 e. The number of hydrogen-bond donors (Lipinski definition) is 1. The van der Waals surface area contributed by atoms with Crippen molar-refractivity contribution < 1.29 is 4.79 Å². The van der Waals surface area contributed by atoms with Crippen molar-refractivity contribution in [2.75, 3.05) is 33.7 Å². The minimum absolute atomic E-state index is 0.258. The lowest BCUT2D eigenvalue weighted by Gasteiger charge is -2.24. The number of nitrogens with one attached hydrogen (secondary N) is 1. The Morgan fingerprint density at radius 3 is 2.54 bits per heavy atom.